The maximum atomic E-state index is 7.18. The third kappa shape index (κ3) is 10.6. The molecule has 0 amide bonds. The predicted molar refractivity (Wildman–Crippen MR) is 205 cm³/mol. The Morgan fingerprint density at radius 2 is 1.08 bits per heavy atom. The van der Waals surface area contributed by atoms with Crippen LogP contribution in [0.2, 0.25) is 18.1 Å². The van der Waals surface area contributed by atoms with Gasteiger partial charge in [0.05, 0.1) is 57.5 Å². The van der Waals surface area contributed by atoms with Gasteiger partial charge in [0.1, 0.15) is 12.2 Å². The fourth-order valence-corrected chi connectivity index (χ4v) is 7.79. The van der Waals surface area contributed by atoms with Crippen molar-refractivity contribution in [1.82, 2.24) is 0 Å². The first-order valence-electron chi connectivity index (χ1n) is 18.9. The average molecular weight is 719 g/mol. The van der Waals surface area contributed by atoms with E-state index in [2.05, 4.69) is 110 Å². The maximum Gasteiger partial charge on any atom is 0.192 e. The van der Waals surface area contributed by atoms with E-state index < -0.39 is 20.7 Å². The van der Waals surface area contributed by atoms with Crippen LogP contribution < -0.4 is 0 Å². The minimum atomic E-state index is -2.08. The molecule has 0 N–H and O–H groups in total. The van der Waals surface area contributed by atoms with Gasteiger partial charge < -0.3 is 32.8 Å². The van der Waals surface area contributed by atoms with E-state index >= 15 is 0 Å². The van der Waals surface area contributed by atoms with Crippen molar-refractivity contribution in [3.8, 4) is 0 Å². The molecule has 0 spiro atoms. The highest BCUT2D eigenvalue weighted by molar-refractivity contribution is 6.74. The van der Waals surface area contributed by atoms with E-state index in [1.807, 2.05) is 42.5 Å². The van der Waals surface area contributed by atoms with E-state index in [4.69, 9.17) is 32.8 Å². The Morgan fingerprint density at radius 3 is 1.61 bits per heavy atom. The fraction of sp³-hybridized carbons (Fsp3) is 0.581. The monoisotopic (exact) mass is 718 g/mol. The van der Waals surface area contributed by atoms with Crippen molar-refractivity contribution in [2.75, 3.05) is 13.2 Å². The molecule has 3 aromatic carbocycles. The zero-order valence-electron chi connectivity index (χ0n) is 32.3. The number of rotatable bonds is 15. The van der Waals surface area contributed by atoms with Crippen LogP contribution in [0.15, 0.2) is 91.0 Å². The summed E-state index contributed by atoms with van der Waals surface area (Å²) in [5.41, 5.74) is 3.39. The molecule has 0 aliphatic carbocycles. The van der Waals surface area contributed by atoms with Crippen molar-refractivity contribution in [2.24, 2.45) is 17.8 Å². The van der Waals surface area contributed by atoms with Gasteiger partial charge in [-0.25, -0.2) is 0 Å². The average Bonchev–Trinajstić information content (AvgIpc) is 3.11. The van der Waals surface area contributed by atoms with Crippen LogP contribution in [0.5, 0.6) is 0 Å². The molecular weight excluding hydrogens is 657 g/mol. The first-order valence-corrected chi connectivity index (χ1v) is 21.8. The van der Waals surface area contributed by atoms with Crippen molar-refractivity contribution in [3.05, 3.63) is 108 Å². The van der Waals surface area contributed by atoms with Gasteiger partial charge in [0.2, 0.25) is 0 Å². The van der Waals surface area contributed by atoms with Crippen molar-refractivity contribution >= 4 is 8.32 Å². The van der Waals surface area contributed by atoms with E-state index in [9.17, 15) is 0 Å². The van der Waals surface area contributed by atoms with Crippen LogP contribution in [0.4, 0.5) is 0 Å². The second-order valence-electron chi connectivity index (χ2n) is 16.2. The topological polar surface area (TPSA) is 64.6 Å². The molecule has 2 heterocycles. The number of ether oxygens (including phenoxy) is 6. The minimum Gasteiger partial charge on any atom is -0.414 e. The molecule has 10 atom stereocenters. The lowest BCUT2D eigenvalue weighted by molar-refractivity contribution is -0.327. The summed E-state index contributed by atoms with van der Waals surface area (Å²) in [5, 5.41) is 0.0631. The molecule has 0 saturated carbocycles. The Labute approximate surface area is 308 Å². The lowest BCUT2D eigenvalue weighted by Crippen LogP contribution is -2.60. The van der Waals surface area contributed by atoms with Gasteiger partial charge in [-0.1, -0.05) is 133 Å². The van der Waals surface area contributed by atoms with Crippen molar-refractivity contribution in [3.63, 3.8) is 0 Å². The van der Waals surface area contributed by atoms with Crippen LogP contribution in [0.3, 0.4) is 0 Å². The molecule has 0 radical (unpaired) electrons. The van der Waals surface area contributed by atoms with Gasteiger partial charge in [0.25, 0.3) is 0 Å². The third-order valence-electron chi connectivity index (χ3n) is 11.4. The first kappa shape index (κ1) is 39.8. The molecule has 2 fully saturated rings. The van der Waals surface area contributed by atoms with Crippen LogP contribution in [-0.2, 0) is 52.7 Å². The molecule has 2 aliphatic rings. The molecule has 2 saturated heterocycles. The van der Waals surface area contributed by atoms with E-state index in [1.165, 1.54) is 0 Å². The molecule has 3 aromatic rings. The van der Waals surface area contributed by atoms with Gasteiger partial charge in [0.15, 0.2) is 14.6 Å². The third-order valence-corrected chi connectivity index (χ3v) is 15.9. The molecule has 10 unspecified atom stereocenters. The lowest BCUT2D eigenvalue weighted by Gasteiger charge is -2.50. The van der Waals surface area contributed by atoms with Crippen molar-refractivity contribution < 1.29 is 32.8 Å². The summed E-state index contributed by atoms with van der Waals surface area (Å²) in [6.45, 7) is 22.4. The maximum absolute atomic E-state index is 7.18. The highest BCUT2D eigenvalue weighted by Crippen LogP contribution is 2.40. The Balaban J connectivity index is 1.40. The fourth-order valence-electron chi connectivity index (χ4n) is 6.78. The van der Waals surface area contributed by atoms with Gasteiger partial charge in [-0.15, -0.1) is 0 Å². The SMILES string of the molecule is CC1OC(CO[Si](C)(C)C(C)(C)C)C(OC2OC(COCc3ccccc3)C(C)C(OCc3ccccc3)C2C)C(OCc2ccccc2)C1C. The normalized spacial score (nSPS) is 30.3. The van der Waals surface area contributed by atoms with Crippen LogP contribution in [-0.4, -0.2) is 64.4 Å². The summed E-state index contributed by atoms with van der Waals surface area (Å²) in [6.07, 6.45) is -1.97. The van der Waals surface area contributed by atoms with Crippen LogP contribution in [0.25, 0.3) is 0 Å². The zero-order chi connectivity index (χ0) is 36.6. The van der Waals surface area contributed by atoms with Crippen LogP contribution in [0, 0.1) is 17.8 Å². The zero-order valence-corrected chi connectivity index (χ0v) is 33.3. The molecule has 280 valence electrons. The number of benzene rings is 3. The van der Waals surface area contributed by atoms with Crippen molar-refractivity contribution in [1.29, 1.82) is 0 Å². The van der Waals surface area contributed by atoms with Gasteiger partial charge >= 0.3 is 0 Å². The molecule has 0 bridgehead atoms. The van der Waals surface area contributed by atoms with Gasteiger partial charge in [0, 0.05) is 17.8 Å². The highest BCUT2D eigenvalue weighted by Gasteiger charge is 2.50. The quantitative estimate of drug-likeness (QED) is 0.145. The second kappa shape index (κ2) is 18.1. The smallest absolute Gasteiger partial charge is 0.192 e. The largest absolute Gasteiger partial charge is 0.414 e. The van der Waals surface area contributed by atoms with Gasteiger partial charge in [-0.3, -0.25) is 0 Å². The number of hydrogen-bond acceptors (Lipinski definition) is 7. The Hall–Kier alpha value is -2.40. The van der Waals surface area contributed by atoms with Crippen molar-refractivity contribution in [2.45, 2.75) is 129 Å². The van der Waals surface area contributed by atoms with E-state index in [1.54, 1.807) is 0 Å². The van der Waals surface area contributed by atoms with Crippen LogP contribution >= 0.6 is 0 Å². The van der Waals surface area contributed by atoms with Gasteiger partial charge in [-0.2, -0.15) is 0 Å². The molecule has 7 nitrogen and oxygen atoms in total. The molecular formula is C43H62O7Si. The molecule has 8 heteroatoms. The second-order valence-corrected chi connectivity index (χ2v) is 21.0. The molecule has 2 aliphatic heterocycles. The summed E-state index contributed by atoms with van der Waals surface area (Å²) >= 11 is 0. The van der Waals surface area contributed by atoms with Gasteiger partial charge in [-0.05, 0) is 41.7 Å². The summed E-state index contributed by atoms with van der Waals surface area (Å²) in [6, 6.07) is 30.9. The van der Waals surface area contributed by atoms with Crippen LogP contribution in [0.1, 0.15) is 65.2 Å². The Bertz CT molecular complexity index is 1430. The first-order chi connectivity index (χ1) is 24.3. The Kier molecular flexibility index (Phi) is 14.1. The highest BCUT2D eigenvalue weighted by atomic mass is 28.4. The van der Waals surface area contributed by atoms with E-state index in [0.717, 1.165) is 16.7 Å². The summed E-state index contributed by atoms with van der Waals surface area (Å²) in [5.74, 6) is 0.0833. The minimum absolute atomic E-state index is 0.0375. The summed E-state index contributed by atoms with van der Waals surface area (Å²) < 4.78 is 47.5. The molecule has 51 heavy (non-hydrogen) atoms. The summed E-state index contributed by atoms with van der Waals surface area (Å²) in [7, 11) is -2.08. The molecule has 0 aromatic heterocycles. The van der Waals surface area contributed by atoms with E-state index in [-0.39, 0.29) is 53.3 Å². The standard InChI is InChI=1S/C43H62O7Si/c1-30-33(4)48-38(29-47-51(8,9)43(5,6)7)41(40(30)46-27-36-23-17-12-18-24-36)50-42-32(3)39(45-26-35-21-15-11-16-22-35)31(2)37(49-42)28-44-25-34-19-13-10-14-20-34/h10-24,30-33,37-42H,25-29H2,1-9H3. The summed E-state index contributed by atoms with van der Waals surface area (Å²) in [4.78, 5) is 0. The number of hydrogen-bond donors (Lipinski definition) is 0. The van der Waals surface area contributed by atoms with E-state index in [0.29, 0.717) is 33.0 Å². The molecule has 5 rings (SSSR count). The Morgan fingerprint density at radius 1 is 0.569 bits per heavy atom. The predicted octanol–water partition coefficient (Wildman–Crippen LogP) is 9.20. The lowest BCUT2D eigenvalue weighted by atomic mass is 9.85.